The van der Waals surface area contributed by atoms with Crippen molar-refractivity contribution in [3.8, 4) is 0 Å². The second-order valence-electron chi connectivity index (χ2n) is 19.4. The Balaban J connectivity index is 1.23. The van der Waals surface area contributed by atoms with Crippen molar-refractivity contribution in [1.29, 1.82) is 0 Å². The first kappa shape index (κ1) is 52.9. The molecule has 5 aliphatic rings. The van der Waals surface area contributed by atoms with E-state index in [4.69, 9.17) is 23.7 Å². The van der Waals surface area contributed by atoms with Gasteiger partial charge in [-0.15, -0.1) is 0 Å². The number of ketones is 2. The number of hydrogen-bond donors (Lipinski definition) is 7. The van der Waals surface area contributed by atoms with Gasteiger partial charge in [0.1, 0.15) is 60.3 Å². The summed E-state index contributed by atoms with van der Waals surface area (Å²) in [6.45, 7) is 6.97. The van der Waals surface area contributed by atoms with Gasteiger partial charge in [-0.3, -0.25) is 19.2 Å². The molecule has 3 aliphatic heterocycles. The van der Waals surface area contributed by atoms with Crippen molar-refractivity contribution in [2.24, 2.45) is 17.8 Å². The highest BCUT2D eigenvalue weighted by Crippen LogP contribution is 2.41. The van der Waals surface area contributed by atoms with Crippen LogP contribution in [0.15, 0.2) is 24.3 Å². The molecule has 7 N–H and O–H groups in total. The summed E-state index contributed by atoms with van der Waals surface area (Å²) >= 11 is 0. The number of aryl methyl sites for hydroxylation is 1. The molecule has 3 heterocycles. The highest BCUT2D eigenvalue weighted by Gasteiger charge is 2.53. The Morgan fingerprint density at radius 2 is 1.58 bits per heavy atom. The van der Waals surface area contributed by atoms with Crippen LogP contribution in [0.1, 0.15) is 127 Å². The summed E-state index contributed by atoms with van der Waals surface area (Å²) in [7, 11) is 0. The maximum absolute atomic E-state index is 14.1. The van der Waals surface area contributed by atoms with Gasteiger partial charge in [0.15, 0.2) is 12.6 Å². The second-order valence-corrected chi connectivity index (χ2v) is 19.4. The minimum absolute atomic E-state index is 0.0226. The van der Waals surface area contributed by atoms with Gasteiger partial charge in [-0.05, 0) is 75.8 Å². The van der Waals surface area contributed by atoms with Gasteiger partial charge < -0.3 is 69.5 Å². The van der Waals surface area contributed by atoms with Gasteiger partial charge in [0.05, 0.1) is 24.9 Å². The Morgan fingerprint density at radius 3 is 2.24 bits per heavy atom. The number of carbonyl (C=O) groups excluding carboxylic acids is 5. The highest BCUT2D eigenvalue weighted by molar-refractivity contribution is 5.95. The normalized spacial score (nSPS) is 34.1. The number of hydrogen-bond acceptors (Lipinski definition) is 15. The van der Waals surface area contributed by atoms with Gasteiger partial charge in [0.25, 0.3) is 11.8 Å². The summed E-state index contributed by atoms with van der Waals surface area (Å²) in [5.41, 5.74) is 1.23. The third-order valence-electron chi connectivity index (χ3n) is 14.5. The van der Waals surface area contributed by atoms with Crippen molar-refractivity contribution >= 4 is 29.3 Å². The third-order valence-corrected chi connectivity index (χ3v) is 14.5. The zero-order valence-electron chi connectivity index (χ0n) is 39.5. The van der Waals surface area contributed by atoms with E-state index < -0.39 is 104 Å². The maximum atomic E-state index is 14.1. The number of benzene rings is 1. The summed E-state index contributed by atoms with van der Waals surface area (Å²) in [5, 5.41) is 60.3. The van der Waals surface area contributed by atoms with E-state index in [0.717, 1.165) is 44.1 Å². The quantitative estimate of drug-likeness (QED) is 0.0869. The lowest BCUT2D eigenvalue weighted by Gasteiger charge is -2.49. The largest absolute Gasteiger partial charge is 0.394 e. The molecule has 1 aromatic carbocycles. The number of amides is 3. The van der Waals surface area contributed by atoms with Gasteiger partial charge in [-0.25, -0.2) is 0 Å². The minimum Gasteiger partial charge on any atom is -0.394 e. The van der Waals surface area contributed by atoms with E-state index in [1.165, 1.54) is 20.8 Å². The summed E-state index contributed by atoms with van der Waals surface area (Å²) in [5.74, 6) is -1.84. The van der Waals surface area contributed by atoms with Crippen LogP contribution in [0.5, 0.6) is 0 Å². The molecule has 5 fully saturated rings. The molecular formula is C49H75N3O15. The van der Waals surface area contributed by atoms with E-state index in [1.807, 2.05) is 19.1 Å². The second kappa shape index (κ2) is 24.9. The Morgan fingerprint density at radius 1 is 0.851 bits per heavy atom. The van der Waals surface area contributed by atoms with Crippen LogP contribution in [-0.2, 0) is 49.3 Å². The molecular weight excluding hydrogens is 871 g/mol. The molecule has 0 radical (unpaired) electrons. The number of aliphatic hydroxyl groups excluding tert-OH is 5. The molecule has 6 unspecified atom stereocenters. The molecule has 18 nitrogen and oxygen atoms in total. The molecule has 0 spiro atoms. The van der Waals surface area contributed by atoms with E-state index in [2.05, 4.69) is 10.6 Å². The van der Waals surface area contributed by atoms with Gasteiger partial charge in [0, 0.05) is 50.9 Å². The summed E-state index contributed by atoms with van der Waals surface area (Å²) < 4.78 is 32.1. The smallest absolute Gasteiger partial charge is 0.251 e. The zero-order valence-corrected chi connectivity index (χ0v) is 39.5. The van der Waals surface area contributed by atoms with E-state index in [0.29, 0.717) is 57.2 Å². The lowest BCUT2D eigenvalue weighted by Crippen LogP contribution is -2.67. The molecule has 6 rings (SSSR count). The molecule has 3 amide bonds. The molecule has 67 heavy (non-hydrogen) atoms. The number of nitrogens with one attached hydrogen (secondary N) is 2. The first-order valence-corrected chi connectivity index (χ1v) is 24.6. The Kier molecular flexibility index (Phi) is 19.7. The lowest BCUT2D eigenvalue weighted by molar-refractivity contribution is -0.338. The number of carbonyl (C=O) groups is 5. The molecule has 376 valence electrons. The van der Waals surface area contributed by atoms with Gasteiger partial charge in [-0.2, -0.15) is 0 Å². The molecule has 3 saturated heterocycles. The van der Waals surface area contributed by atoms with Crippen LogP contribution in [0.3, 0.4) is 0 Å². The van der Waals surface area contributed by atoms with Gasteiger partial charge in [-0.1, -0.05) is 63.6 Å². The van der Waals surface area contributed by atoms with Crippen LogP contribution < -0.4 is 10.6 Å². The van der Waals surface area contributed by atoms with E-state index in [-0.39, 0.29) is 48.7 Å². The number of aliphatic hydroxyl groups is 5. The van der Waals surface area contributed by atoms with E-state index >= 15 is 0 Å². The standard InChI is InChI=1S/C49H75N3O15/c1-5-31-24-33(35(56)17-11-20-50-46(61)34-16-10-9-15-32(34)19-18-27(2)54)25-36(44(31)67-49-43(60)42(59)40(57)28(3)63-49)65-48-39(51-29(4)55)45(41(58)38(26-53)66-48)64-37(47(62)52-21-12-22-52)23-30-13-7-6-8-14-30/h9-10,15-16,28,30-31,33,36-45,48-49,53,57-60H,5-8,11-14,17-26H2,1-4H3,(H,50,61)(H,51,55)/t28?,31?,33?,36-,37+,38+,39?,40-,41+,42+,43?,44-,45?,48-,49+/m1/s1. The number of rotatable bonds is 21. The Bertz CT molecular complexity index is 1810. The van der Waals surface area contributed by atoms with E-state index in [9.17, 15) is 49.5 Å². The van der Waals surface area contributed by atoms with Crippen molar-refractivity contribution in [2.75, 3.05) is 26.2 Å². The van der Waals surface area contributed by atoms with Gasteiger partial charge >= 0.3 is 0 Å². The van der Waals surface area contributed by atoms with Crippen LogP contribution in [0.2, 0.25) is 0 Å². The van der Waals surface area contributed by atoms with Crippen molar-refractivity contribution < 1.29 is 73.2 Å². The van der Waals surface area contributed by atoms with Crippen molar-refractivity contribution in [1.82, 2.24) is 15.5 Å². The van der Waals surface area contributed by atoms with Crippen LogP contribution in [-0.4, -0.2) is 166 Å². The highest BCUT2D eigenvalue weighted by atomic mass is 16.7. The van der Waals surface area contributed by atoms with Crippen molar-refractivity contribution in [2.45, 2.75) is 197 Å². The molecule has 2 saturated carbocycles. The number of Topliss-reactive ketones (excluding diaryl/α,β-unsaturated/α-hetero) is 2. The van der Waals surface area contributed by atoms with Crippen molar-refractivity contribution in [3.05, 3.63) is 35.4 Å². The summed E-state index contributed by atoms with van der Waals surface area (Å²) in [6.07, 6.45) is -6.80. The minimum atomic E-state index is -1.64. The van der Waals surface area contributed by atoms with Crippen LogP contribution in [0.25, 0.3) is 0 Å². The zero-order chi connectivity index (χ0) is 48.4. The number of nitrogens with zero attached hydrogens (tertiary/aromatic N) is 1. The maximum Gasteiger partial charge on any atom is 0.251 e. The molecule has 0 aromatic heterocycles. The first-order chi connectivity index (χ1) is 32.1. The summed E-state index contributed by atoms with van der Waals surface area (Å²) in [6, 6.07) is 5.88. The molecule has 15 atom stereocenters. The molecule has 2 aliphatic carbocycles. The fourth-order valence-corrected chi connectivity index (χ4v) is 10.4. The number of likely N-dealkylation sites (tertiary alicyclic amines) is 1. The average molecular weight is 946 g/mol. The van der Waals surface area contributed by atoms with Crippen LogP contribution >= 0.6 is 0 Å². The Labute approximate surface area is 393 Å². The predicted molar refractivity (Wildman–Crippen MR) is 241 cm³/mol. The topological polar surface area (TPSA) is 260 Å². The summed E-state index contributed by atoms with van der Waals surface area (Å²) in [4.78, 5) is 67.6. The van der Waals surface area contributed by atoms with Crippen molar-refractivity contribution in [3.63, 3.8) is 0 Å². The average Bonchev–Trinajstić information content (AvgIpc) is 3.29. The molecule has 18 heteroatoms. The number of ether oxygens (including phenoxy) is 5. The third kappa shape index (κ3) is 13.7. The fourth-order valence-electron chi connectivity index (χ4n) is 10.4. The predicted octanol–water partition coefficient (Wildman–Crippen LogP) is 1.86. The van der Waals surface area contributed by atoms with Crippen LogP contribution in [0, 0.1) is 17.8 Å². The first-order valence-electron chi connectivity index (χ1n) is 24.6. The SMILES string of the molecule is CCC1CC(C(=O)CCCNC(=O)c2ccccc2CCC(C)=O)C[C@@H](O[C@@H]2O[C@@H](CO)[C@H](O)C(O[C@@H](CC3CCCCC3)C(=O)N3CCC3)C2NC(C)=O)[C@@H]1O[C@@H]1OC(C)[C@@H](O)[C@H](O)C1O. The Hall–Kier alpha value is -3.43. The fraction of sp³-hybridized carbons (Fsp3) is 0.776. The van der Waals surface area contributed by atoms with Crippen LogP contribution in [0.4, 0.5) is 0 Å². The monoisotopic (exact) mass is 946 g/mol. The lowest BCUT2D eigenvalue weighted by atomic mass is 9.74. The van der Waals surface area contributed by atoms with Gasteiger partial charge in [0.2, 0.25) is 5.91 Å². The van der Waals surface area contributed by atoms with E-state index in [1.54, 1.807) is 17.0 Å². The molecule has 1 aromatic rings. The molecule has 0 bridgehead atoms.